The number of carboxylic acid groups (broad SMARTS) is 1. The molecule has 0 radical (unpaired) electrons. The summed E-state index contributed by atoms with van der Waals surface area (Å²) >= 11 is 0. The van der Waals surface area contributed by atoms with Crippen LogP contribution in [0.25, 0.3) is 0 Å². The van der Waals surface area contributed by atoms with Crippen molar-refractivity contribution in [2.75, 3.05) is 19.0 Å². The average molecular weight is 357 g/mol. The lowest BCUT2D eigenvalue weighted by Gasteiger charge is -2.14. The summed E-state index contributed by atoms with van der Waals surface area (Å²) < 4.78 is 10.5. The van der Waals surface area contributed by atoms with E-state index in [1.165, 1.54) is 0 Å². The molecular formula is C20H23NO5. The largest absolute Gasteiger partial charge is 0.496 e. The monoisotopic (exact) mass is 357 g/mol. The van der Waals surface area contributed by atoms with Gasteiger partial charge in [-0.25, -0.2) is 4.79 Å². The second-order valence-electron chi connectivity index (χ2n) is 6.08. The minimum Gasteiger partial charge on any atom is -0.496 e. The molecule has 0 fully saturated rings. The topological polar surface area (TPSA) is 84.9 Å². The fourth-order valence-corrected chi connectivity index (χ4v) is 2.66. The summed E-state index contributed by atoms with van der Waals surface area (Å²) in [6.07, 6.45) is 1.09. The second kappa shape index (κ2) is 9.46. The Kier molecular flexibility index (Phi) is 7.02. The first-order chi connectivity index (χ1) is 12.5. The number of aliphatic carboxylic acids is 1. The van der Waals surface area contributed by atoms with E-state index in [-0.39, 0.29) is 11.8 Å². The van der Waals surface area contributed by atoms with Crippen LogP contribution < -0.4 is 14.8 Å². The smallest absolute Gasteiger partial charge is 0.341 e. The molecule has 6 heteroatoms. The number of hydrogen-bond donors (Lipinski definition) is 2. The second-order valence-corrected chi connectivity index (χ2v) is 6.08. The molecule has 6 nitrogen and oxygen atoms in total. The van der Waals surface area contributed by atoms with E-state index in [2.05, 4.69) is 5.32 Å². The first kappa shape index (κ1) is 19.3. The van der Waals surface area contributed by atoms with Gasteiger partial charge in [-0.15, -0.1) is 0 Å². The highest BCUT2D eigenvalue weighted by Gasteiger charge is 2.13. The highest BCUT2D eigenvalue weighted by atomic mass is 16.5. The summed E-state index contributed by atoms with van der Waals surface area (Å²) in [7, 11) is 1.63. The van der Waals surface area contributed by atoms with Crippen molar-refractivity contribution < 1.29 is 24.2 Å². The number of carbonyl (C=O) groups is 2. The summed E-state index contributed by atoms with van der Waals surface area (Å²) in [6, 6.07) is 14.4. The highest BCUT2D eigenvalue weighted by Crippen LogP contribution is 2.23. The molecule has 0 aliphatic rings. The summed E-state index contributed by atoms with van der Waals surface area (Å²) in [5.74, 6) is 0.195. The molecule has 1 amide bonds. The lowest BCUT2D eigenvalue weighted by atomic mass is 9.97. The Labute approximate surface area is 152 Å². The standard InChI is InChI=1S/C20H23NO5/c1-14(10-15-6-3-4-9-18(15)25-2)11-19(22)21-16-7-5-8-17(12-16)26-13-20(23)24/h3-9,12,14H,10-11,13H2,1-2H3,(H,21,22)(H,23,24). The Morgan fingerprint density at radius 2 is 1.92 bits per heavy atom. The zero-order valence-electron chi connectivity index (χ0n) is 14.9. The van der Waals surface area contributed by atoms with E-state index < -0.39 is 12.6 Å². The van der Waals surface area contributed by atoms with Crippen LogP contribution in [-0.4, -0.2) is 30.7 Å². The third kappa shape index (κ3) is 6.12. The lowest BCUT2D eigenvalue weighted by molar-refractivity contribution is -0.139. The number of carbonyl (C=O) groups excluding carboxylic acids is 1. The van der Waals surface area contributed by atoms with Crippen LogP contribution in [0.1, 0.15) is 18.9 Å². The van der Waals surface area contributed by atoms with E-state index in [1.807, 2.05) is 31.2 Å². The molecule has 1 atom stereocenters. The third-order valence-corrected chi connectivity index (χ3v) is 3.77. The Hall–Kier alpha value is -3.02. The van der Waals surface area contributed by atoms with Gasteiger partial charge in [0, 0.05) is 18.2 Å². The van der Waals surface area contributed by atoms with Crippen LogP contribution in [0, 0.1) is 5.92 Å². The number of hydrogen-bond acceptors (Lipinski definition) is 4. The molecule has 0 spiro atoms. The van der Waals surface area contributed by atoms with Gasteiger partial charge in [-0.05, 0) is 36.1 Å². The molecule has 2 aromatic carbocycles. The number of amides is 1. The Balaban J connectivity index is 1.89. The Bertz CT molecular complexity index is 759. The van der Waals surface area contributed by atoms with Gasteiger partial charge < -0.3 is 19.9 Å². The summed E-state index contributed by atoms with van der Waals surface area (Å²) in [5, 5.41) is 11.5. The first-order valence-corrected chi connectivity index (χ1v) is 8.34. The van der Waals surface area contributed by atoms with E-state index in [0.29, 0.717) is 17.9 Å². The molecule has 0 aliphatic carbocycles. The van der Waals surface area contributed by atoms with Gasteiger partial charge in [-0.1, -0.05) is 31.2 Å². The maximum absolute atomic E-state index is 12.3. The molecule has 1 unspecified atom stereocenters. The van der Waals surface area contributed by atoms with Crippen LogP contribution in [0.4, 0.5) is 5.69 Å². The third-order valence-electron chi connectivity index (χ3n) is 3.77. The predicted molar refractivity (Wildman–Crippen MR) is 98.7 cm³/mol. The van der Waals surface area contributed by atoms with Gasteiger partial charge in [0.2, 0.25) is 5.91 Å². The van der Waals surface area contributed by atoms with Gasteiger partial charge in [0.05, 0.1) is 7.11 Å². The number of nitrogens with one attached hydrogen (secondary N) is 1. The molecule has 0 saturated heterocycles. The van der Waals surface area contributed by atoms with Gasteiger partial charge in [-0.2, -0.15) is 0 Å². The number of carboxylic acids is 1. The van der Waals surface area contributed by atoms with E-state index in [0.717, 1.165) is 17.7 Å². The van der Waals surface area contributed by atoms with Crippen LogP contribution in [0.15, 0.2) is 48.5 Å². The van der Waals surface area contributed by atoms with Crippen LogP contribution >= 0.6 is 0 Å². The van der Waals surface area contributed by atoms with Gasteiger partial charge >= 0.3 is 5.97 Å². The van der Waals surface area contributed by atoms with Crippen molar-refractivity contribution in [1.82, 2.24) is 0 Å². The maximum Gasteiger partial charge on any atom is 0.341 e. The maximum atomic E-state index is 12.3. The fourth-order valence-electron chi connectivity index (χ4n) is 2.66. The SMILES string of the molecule is COc1ccccc1CC(C)CC(=O)Nc1cccc(OCC(=O)O)c1. The molecular weight excluding hydrogens is 334 g/mol. The van der Waals surface area contributed by atoms with Crippen LogP contribution in [0.5, 0.6) is 11.5 Å². The van der Waals surface area contributed by atoms with Crippen molar-refractivity contribution in [2.45, 2.75) is 19.8 Å². The first-order valence-electron chi connectivity index (χ1n) is 8.34. The van der Waals surface area contributed by atoms with Crippen LogP contribution in [0.3, 0.4) is 0 Å². The van der Waals surface area contributed by atoms with Crippen molar-refractivity contribution in [3.05, 3.63) is 54.1 Å². The predicted octanol–water partition coefficient (Wildman–Crippen LogP) is 3.37. The molecule has 2 rings (SSSR count). The normalized spacial score (nSPS) is 11.5. The zero-order valence-corrected chi connectivity index (χ0v) is 14.9. The molecule has 0 heterocycles. The molecule has 0 aliphatic heterocycles. The van der Waals surface area contributed by atoms with E-state index in [1.54, 1.807) is 31.4 Å². The van der Waals surface area contributed by atoms with Gasteiger partial charge in [0.25, 0.3) is 0 Å². The summed E-state index contributed by atoms with van der Waals surface area (Å²) in [5.41, 5.74) is 1.64. The van der Waals surface area contributed by atoms with E-state index >= 15 is 0 Å². The van der Waals surface area contributed by atoms with Crippen LogP contribution in [-0.2, 0) is 16.0 Å². The van der Waals surface area contributed by atoms with Crippen molar-refractivity contribution in [3.63, 3.8) is 0 Å². The average Bonchev–Trinajstić information content (AvgIpc) is 2.60. The van der Waals surface area contributed by atoms with Gasteiger partial charge in [0.1, 0.15) is 11.5 Å². The van der Waals surface area contributed by atoms with Gasteiger partial charge in [0.15, 0.2) is 6.61 Å². The molecule has 0 aromatic heterocycles. The van der Waals surface area contributed by atoms with E-state index in [9.17, 15) is 9.59 Å². The fraction of sp³-hybridized carbons (Fsp3) is 0.300. The van der Waals surface area contributed by atoms with Crippen molar-refractivity contribution in [1.29, 1.82) is 0 Å². The Morgan fingerprint density at radius 1 is 1.15 bits per heavy atom. The lowest BCUT2D eigenvalue weighted by Crippen LogP contribution is -2.16. The molecule has 138 valence electrons. The molecule has 0 bridgehead atoms. The minimum atomic E-state index is -1.05. The number of methoxy groups -OCH3 is 1. The molecule has 2 N–H and O–H groups in total. The molecule has 0 saturated carbocycles. The number of para-hydroxylation sites is 1. The molecule has 26 heavy (non-hydrogen) atoms. The number of ether oxygens (including phenoxy) is 2. The molecule has 2 aromatic rings. The summed E-state index contributed by atoms with van der Waals surface area (Å²) in [4.78, 5) is 22.8. The number of rotatable bonds is 9. The minimum absolute atomic E-state index is 0.109. The van der Waals surface area contributed by atoms with Crippen LogP contribution in [0.2, 0.25) is 0 Å². The van der Waals surface area contributed by atoms with Crippen molar-refractivity contribution in [3.8, 4) is 11.5 Å². The van der Waals surface area contributed by atoms with Crippen molar-refractivity contribution >= 4 is 17.6 Å². The summed E-state index contributed by atoms with van der Waals surface area (Å²) in [6.45, 7) is 1.59. The van der Waals surface area contributed by atoms with Gasteiger partial charge in [-0.3, -0.25) is 4.79 Å². The van der Waals surface area contributed by atoms with E-state index in [4.69, 9.17) is 14.6 Å². The highest BCUT2D eigenvalue weighted by molar-refractivity contribution is 5.91. The quantitative estimate of drug-likeness (QED) is 0.719. The zero-order chi connectivity index (χ0) is 18.9. The van der Waals surface area contributed by atoms with Crippen molar-refractivity contribution in [2.24, 2.45) is 5.92 Å². The Morgan fingerprint density at radius 3 is 2.65 bits per heavy atom. The number of anilines is 1. The number of benzene rings is 2.